The van der Waals surface area contributed by atoms with Crippen molar-refractivity contribution in [1.82, 2.24) is 14.8 Å². The Morgan fingerprint density at radius 3 is 2.89 bits per heavy atom. The predicted molar refractivity (Wildman–Crippen MR) is 96.2 cm³/mol. The maximum Gasteiger partial charge on any atom is 0.374 e. The minimum absolute atomic E-state index is 0.146. The van der Waals surface area contributed by atoms with Gasteiger partial charge in [-0.2, -0.15) is 13.9 Å². The van der Waals surface area contributed by atoms with Gasteiger partial charge in [0.05, 0.1) is 12.3 Å². The highest BCUT2D eigenvalue weighted by atomic mass is 19.3. The third-order valence-electron chi connectivity index (χ3n) is 4.78. The number of halogens is 2. The molecule has 0 amide bonds. The number of esters is 1. The summed E-state index contributed by atoms with van der Waals surface area (Å²) in [4.78, 5) is 15.9. The molecule has 0 spiro atoms. The SMILES string of the molecule is CCOC(=O)c1oc2c(c1C)-c1nn(CC(F)(F)c3ccccn3)cc1CC2. The zero-order valence-corrected chi connectivity index (χ0v) is 15.5. The highest BCUT2D eigenvalue weighted by Gasteiger charge is 2.36. The van der Waals surface area contributed by atoms with Gasteiger partial charge in [0, 0.05) is 29.9 Å². The van der Waals surface area contributed by atoms with E-state index in [2.05, 4.69) is 10.1 Å². The summed E-state index contributed by atoms with van der Waals surface area (Å²) >= 11 is 0. The van der Waals surface area contributed by atoms with E-state index in [1.54, 1.807) is 26.1 Å². The Morgan fingerprint density at radius 1 is 1.36 bits per heavy atom. The summed E-state index contributed by atoms with van der Waals surface area (Å²) in [5, 5.41) is 4.38. The Hall–Kier alpha value is -3.03. The second kappa shape index (κ2) is 6.85. The Kier molecular flexibility index (Phi) is 4.49. The van der Waals surface area contributed by atoms with Crippen molar-refractivity contribution in [2.45, 2.75) is 39.2 Å². The van der Waals surface area contributed by atoms with E-state index in [-0.39, 0.29) is 18.1 Å². The van der Waals surface area contributed by atoms with E-state index in [0.717, 1.165) is 5.56 Å². The molecule has 0 saturated heterocycles. The zero-order valence-electron chi connectivity index (χ0n) is 15.5. The second-order valence-electron chi connectivity index (χ2n) is 6.69. The van der Waals surface area contributed by atoms with Gasteiger partial charge in [-0.05, 0) is 38.0 Å². The molecule has 28 heavy (non-hydrogen) atoms. The number of hydrogen-bond donors (Lipinski definition) is 0. The summed E-state index contributed by atoms with van der Waals surface area (Å²) in [6, 6.07) is 4.42. The van der Waals surface area contributed by atoms with Crippen LogP contribution in [0, 0.1) is 6.92 Å². The number of rotatable bonds is 5. The molecule has 0 N–H and O–H groups in total. The van der Waals surface area contributed by atoms with Crippen molar-refractivity contribution in [3.63, 3.8) is 0 Å². The van der Waals surface area contributed by atoms with Gasteiger partial charge in [0.2, 0.25) is 5.76 Å². The number of nitrogens with zero attached hydrogens (tertiary/aromatic N) is 3. The fraction of sp³-hybridized carbons (Fsp3) is 0.350. The lowest BCUT2D eigenvalue weighted by atomic mass is 9.94. The summed E-state index contributed by atoms with van der Waals surface area (Å²) in [5.74, 6) is -2.90. The van der Waals surface area contributed by atoms with Crippen molar-refractivity contribution in [2.75, 3.05) is 6.61 Å². The molecule has 3 heterocycles. The minimum Gasteiger partial charge on any atom is -0.460 e. The molecule has 0 bridgehead atoms. The van der Waals surface area contributed by atoms with Crippen LogP contribution in [-0.4, -0.2) is 27.3 Å². The Labute approximate surface area is 160 Å². The number of alkyl halides is 2. The second-order valence-corrected chi connectivity index (χ2v) is 6.69. The Morgan fingerprint density at radius 2 is 2.18 bits per heavy atom. The van der Waals surface area contributed by atoms with Gasteiger partial charge in [-0.25, -0.2) is 4.79 Å². The fourth-order valence-electron chi connectivity index (χ4n) is 3.50. The molecule has 0 atom stereocenters. The molecule has 3 aromatic rings. The van der Waals surface area contributed by atoms with E-state index in [9.17, 15) is 13.6 Å². The first-order valence-corrected chi connectivity index (χ1v) is 9.06. The lowest BCUT2D eigenvalue weighted by molar-refractivity contribution is -0.0296. The molecule has 1 aliphatic carbocycles. The molecule has 0 unspecified atom stereocenters. The highest BCUT2D eigenvalue weighted by molar-refractivity contribution is 5.91. The smallest absolute Gasteiger partial charge is 0.374 e. The van der Waals surface area contributed by atoms with E-state index in [1.165, 1.54) is 23.0 Å². The van der Waals surface area contributed by atoms with Gasteiger partial charge in [0.1, 0.15) is 18.0 Å². The molecular formula is C20H19F2N3O3. The Bertz CT molecular complexity index is 1020. The molecule has 0 saturated carbocycles. The first-order chi connectivity index (χ1) is 13.4. The average Bonchev–Trinajstić information content (AvgIpc) is 3.22. The van der Waals surface area contributed by atoms with Crippen LogP contribution in [-0.2, 0) is 30.0 Å². The molecule has 0 aromatic carbocycles. The topological polar surface area (TPSA) is 70.2 Å². The van der Waals surface area contributed by atoms with Crippen LogP contribution in [0.2, 0.25) is 0 Å². The van der Waals surface area contributed by atoms with Crippen molar-refractivity contribution in [3.05, 3.63) is 58.9 Å². The lowest BCUT2D eigenvalue weighted by Gasteiger charge is -2.15. The van der Waals surface area contributed by atoms with E-state index >= 15 is 0 Å². The number of hydrogen-bond acceptors (Lipinski definition) is 5. The number of ether oxygens (including phenoxy) is 1. The number of pyridine rings is 1. The van der Waals surface area contributed by atoms with Crippen LogP contribution in [0.5, 0.6) is 0 Å². The van der Waals surface area contributed by atoms with Crippen LogP contribution in [0.25, 0.3) is 11.3 Å². The van der Waals surface area contributed by atoms with Crippen LogP contribution >= 0.6 is 0 Å². The third-order valence-corrected chi connectivity index (χ3v) is 4.78. The molecule has 146 valence electrons. The van der Waals surface area contributed by atoms with Crippen molar-refractivity contribution in [3.8, 4) is 11.3 Å². The molecular weight excluding hydrogens is 368 g/mol. The molecule has 3 aromatic heterocycles. The Balaban J connectivity index is 1.67. The number of furan rings is 1. The van der Waals surface area contributed by atoms with Gasteiger partial charge in [-0.3, -0.25) is 9.67 Å². The molecule has 0 fully saturated rings. The number of carbonyl (C=O) groups excluding carboxylic acids is 1. The normalized spacial score (nSPS) is 13.1. The number of fused-ring (bicyclic) bond motifs is 3. The molecule has 8 heteroatoms. The van der Waals surface area contributed by atoms with Crippen molar-refractivity contribution < 1.29 is 22.7 Å². The monoisotopic (exact) mass is 387 g/mol. The van der Waals surface area contributed by atoms with Crippen LogP contribution in [0.4, 0.5) is 8.78 Å². The number of aromatic nitrogens is 3. The zero-order chi connectivity index (χ0) is 19.9. The lowest BCUT2D eigenvalue weighted by Crippen LogP contribution is -2.23. The van der Waals surface area contributed by atoms with Gasteiger partial charge in [0.25, 0.3) is 0 Å². The predicted octanol–water partition coefficient (Wildman–Crippen LogP) is 3.91. The third kappa shape index (κ3) is 3.08. The molecule has 0 aliphatic heterocycles. The summed E-state index contributed by atoms with van der Waals surface area (Å²) < 4.78 is 41.1. The average molecular weight is 387 g/mol. The maximum atomic E-state index is 14.6. The van der Waals surface area contributed by atoms with Crippen LogP contribution < -0.4 is 0 Å². The van der Waals surface area contributed by atoms with Gasteiger partial charge >= 0.3 is 11.9 Å². The number of aryl methyl sites for hydroxylation is 2. The standard InChI is InChI=1S/C20H19F2N3O3/c1-3-27-19(26)18-12(2)16-14(28-18)8-7-13-10-25(24-17(13)16)11-20(21,22)15-6-4-5-9-23-15/h4-6,9-10H,3,7-8,11H2,1-2H3. The highest BCUT2D eigenvalue weighted by Crippen LogP contribution is 2.39. The van der Waals surface area contributed by atoms with Crippen LogP contribution in [0.1, 0.15) is 40.1 Å². The quantitative estimate of drug-likeness (QED) is 0.621. The minimum atomic E-state index is -3.15. The summed E-state index contributed by atoms with van der Waals surface area (Å²) in [5.41, 5.74) is 2.45. The molecule has 1 aliphatic rings. The first kappa shape index (κ1) is 18.3. The van der Waals surface area contributed by atoms with Gasteiger partial charge in [0.15, 0.2) is 0 Å². The van der Waals surface area contributed by atoms with Crippen molar-refractivity contribution in [1.29, 1.82) is 0 Å². The molecule has 6 nitrogen and oxygen atoms in total. The van der Waals surface area contributed by atoms with Crippen LogP contribution in [0.15, 0.2) is 35.0 Å². The van der Waals surface area contributed by atoms with E-state index in [4.69, 9.17) is 9.15 Å². The van der Waals surface area contributed by atoms with Crippen molar-refractivity contribution >= 4 is 5.97 Å². The fourth-order valence-corrected chi connectivity index (χ4v) is 3.50. The van der Waals surface area contributed by atoms with E-state index < -0.39 is 18.4 Å². The maximum absolute atomic E-state index is 14.6. The number of carbonyl (C=O) groups is 1. The summed E-state index contributed by atoms with van der Waals surface area (Å²) in [6.07, 6.45) is 4.15. The molecule has 4 rings (SSSR count). The molecule has 0 radical (unpaired) electrons. The summed E-state index contributed by atoms with van der Waals surface area (Å²) in [6.45, 7) is 3.10. The van der Waals surface area contributed by atoms with E-state index in [0.29, 0.717) is 35.4 Å². The van der Waals surface area contributed by atoms with Gasteiger partial charge < -0.3 is 9.15 Å². The van der Waals surface area contributed by atoms with Crippen LogP contribution in [0.3, 0.4) is 0 Å². The first-order valence-electron chi connectivity index (χ1n) is 9.06. The summed E-state index contributed by atoms with van der Waals surface area (Å²) in [7, 11) is 0. The van der Waals surface area contributed by atoms with Gasteiger partial charge in [-0.15, -0.1) is 0 Å². The van der Waals surface area contributed by atoms with Gasteiger partial charge in [-0.1, -0.05) is 6.07 Å². The van der Waals surface area contributed by atoms with E-state index in [1.807, 2.05) is 0 Å². The largest absolute Gasteiger partial charge is 0.460 e. The van der Waals surface area contributed by atoms with Crippen molar-refractivity contribution in [2.24, 2.45) is 0 Å².